The van der Waals surface area contributed by atoms with Gasteiger partial charge in [-0.3, -0.25) is 4.79 Å². The van der Waals surface area contributed by atoms with Crippen LogP contribution in [0.25, 0.3) is 0 Å². The number of alkyl halides is 3. The summed E-state index contributed by atoms with van der Waals surface area (Å²) in [7, 11) is 0. The largest absolute Gasteiger partial charge is 0.296 e. The molecule has 0 saturated heterocycles. The lowest BCUT2D eigenvalue weighted by atomic mass is 10.2. The normalized spacial score (nSPS) is 10.6. The molecule has 76 valence electrons. The quantitative estimate of drug-likeness (QED) is 0.623. The average Bonchev–Trinajstić information content (AvgIpc) is 2.17. The van der Waals surface area contributed by atoms with E-state index >= 15 is 0 Å². The fourth-order valence-electron chi connectivity index (χ4n) is 0.932. The van der Waals surface area contributed by atoms with E-state index < -0.39 is 23.5 Å². The van der Waals surface area contributed by atoms with Crippen LogP contribution in [-0.4, -0.2) is 11.3 Å². The van der Waals surface area contributed by atoms with Gasteiger partial charge in [0.1, 0.15) is 5.69 Å². The first-order valence-corrected chi connectivity index (χ1v) is 4.71. The monoisotopic (exact) mass is 267 g/mol. The Balaban J connectivity index is 3.34. The molecule has 1 aromatic rings. The summed E-state index contributed by atoms with van der Waals surface area (Å²) >= 11 is 2.98. The molecule has 0 bridgehead atoms. The van der Waals surface area contributed by atoms with Crippen molar-refractivity contribution in [1.29, 1.82) is 0 Å². The van der Waals surface area contributed by atoms with E-state index in [1.807, 2.05) is 0 Å². The summed E-state index contributed by atoms with van der Waals surface area (Å²) in [6.07, 6.45) is -2.83. The molecule has 2 nitrogen and oxygen atoms in total. The zero-order valence-corrected chi connectivity index (χ0v) is 8.39. The standard InChI is InChI=1S/C8H5BrF3NO/c9-2-4-1-5(8(11)12)7(10)6(3-14)13-4/h1,3,8H,2H2. The van der Waals surface area contributed by atoms with Crippen LogP contribution in [0.4, 0.5) is 13.2 Å². The summed E-state index contributed by atoms with van der Waals surface area (Å²) in [5.41, 5.74) is -1.18. The second-order valence-electron chi connectivity index (χ2n) is 2.45. The van der Waals surface area contributed by atoms with Gasteiger partial charge in [-0.2, -0.15) is 0 Å². The Labute approximate surface area is 86.3 Å². The van der Waals surface area contributed by atoms with Crippen molar-refractivity contribution in [2.45, 2.75) is 11.8 Å². The molecular formula is C8H5BrF3NO. The molecule has 0 fully saturated rings. The lowest BCUT2D eigenvalue weighted by molar-refractivity contribution is 0.111. The molecule has 0 aliphatic carbocycles. The van der Waals surface area contributed by atoms with Crippen molar-refractivity contribution >= 4 is 22.2 Å². The number of halogens is 4. The number of hydrogen-bond donors (Lipinski definition) is 0. The van der Waals surface area contributed by atoms with E-state index in [9.17, 15) is 18.0 Å². The zero-order valence-electron chi connectivity index (χ0n) is 6.81. The third-order valence-corrected chi connectivity index (χ3v) is 2.12. The summed E-state index contributed by atoms with van der Waals surface area (Å²) in [4.78, 5) is 13.8. The Kier molecular flexibility index (Phi) is 3.62. The van der Waals surface area contributed by atoms with Gasteiger partial charge in [0.2, 0.25) is 0 Å². The zero-order chi connectivity index (χ0) is 10.7. The average molecular weight is 268 g/mol. The van der Waals surface area contributed by atoms with Crippen molar-refractivity contribution in [2.75, 3.05) is 0 Å². The summed E-state index contributed by atoms with van der Waals surface area (Å²) < 4.78 is 37.6. The molecule has 1 aromatic heterocycles. The van der Waals surface area contributed by atoms with E-state index in [0.717, 1.165) is 6.07 Å². The van der Waals surface area contributed by atoms with Gasteiger partial charge in [-0.15, -0.1) is 0 Å². The molecule has 0 amide bonds. The van der Waals surface area contributed by atoms with Crippen LogP contribution in [0, 0.1) is 5.82 Å². The molecule has 0 N–H and O–H groups in total. The molecule has 14 heavy (non-hydrogen) atoms. The van der Waals surface area contributed by atoms with E-state index in [1.165, 1.54) is 0 Å². The van der Waals surface area contributed by atoms with Gasteiger partial charge in [-0.1, -0.05) is 15.9 Å². The second kappa shape index (κ2) is 4.54. The van der Waals surface area contributed by atoms with Crippen molar-refractivity contribution < 1.29 is 18.0 Å². The molecule has 0 unspecified atom stereocenters. The van der Waals surface area contributed by atoms with Crippen LogP contribution < -0.4 is 0 Å². The lowest BCUT2D eigenvalue weighted by Crippen LogP contribution is -2.03. The Hall–Kier alpha value is -0.910. The van der Waals surface area contributed by atoms with Gasteiger partial charge in [-0.05, 0) is 6.07 Å². The molecule has 1 rings (SSSR count). The van der Waals surface area contributed by atoms with Gasteiger partial charge in [0, 0.05) is 5.33 Å². The Morgan fingerprint density at radius 1 is 1.57 bits per heavy atom. The maximum absolute atomic E-state index is 13.1. The van der Waals surface area contributed by atoms with Gasteiger partial charge in [0.25, 0.3) is 6.43 Å². The maximum Gasteiger partial charge on any atom is 0.266 e. The third kappa shape index (κ3) is 2.12. The van der Waals surface area contributed by atoms with Gasteiger partial charge >= 0.3 is 0 Å². The molecule has 0 aliphatic heterocycles. The van der Waals surface area contributed by atoms with E-state index in [-0.39, 0.29) is 17.3 Å². The Morgan fingerprint density at radius 2 is 2.21 bits per heavy atom. The summed E-state index contributed by atoms with van der Waals surface area (Å²) in [5.74, 6) is -1.25. The van der Waals surface area contributed by atoms with Crippen LogP contribution in [0.1, 0.15) is 28.2 Å². The topological polar surface area (TPSA) is 30.0 Å². The predicted molar refractivity (Wildman–Crippen MR) is 47.2 cm³/mol. The summed E-state index contributed by atoms with van der Waals surface area (Å²) in [6, 6.07) is 0.932. The van der Waals surface area contributed by atoms with Crippen molar-refractivity contribution in [3.05, 3.63) is 28.8 Å². The van der Waals surface area contributed by atoms with Crippen LogP contribution in [0.3, 0.4) is 0 Å². The van der Waals surface area contributed by atoms with Crippen molar-refractivity contribution in [2.24, 2.45) is 0 Å². The van der Waals surface area contributed by atoms with Crippen LogP contribution in [0.5, 0.6) is 0 Å². The highest BCUT2D eigenvalue weighted by atomic mass is 79.9. The smallest absolute Gasteiger partial charge is 0.266 e. The minimum atomic E-state index is -2.95. The van der Waals surface area contributed by atoms with Crippen molar-refractivity contribution in [3.8, 4) is 0 Å². The molecule has 0 radical (unpaired) electrons. The van der Waals surface area contributed by atoms with Crippen LogP contribution >= 0.6 is 15.9 Å². The second-order valence-corrected chi connectivity index (χ2v) is 3.01. The summed E-state index contributed by atoms with van der Waals surface area (Å²) in [5, 5.41) is 0.188. The first-order valence-electron chi connectivity index (χ1n) is 3.58. The van der Waals surface area contributed by atoms with E-state index in [2.05, 4.69) is 20.9 Å². The first kappa shape index (κ1) is 11.2. The summed E-state index contributed by atoms with van der Waals surface area (Å²) in [6.45, 7) is 0. The van der Waals surface area contributed by atoms with Crippen molar-refractivity contribution in [3.63, 3.8) is 0 Å². The van der Waals surface area contributed by atoms with Gasteiger partial charge in [0.05, 0.1) is 11.3 Å². The van der Waals surface area contributed by atoms with E-state index in [4.69, 9.17) is 0 Å². The van der Waals surface area contributed by atoms with Crippen molar-refractivity contribution in [1.82, 2.24) is 4.98 Å². The highest BCUT2D eigenvalue weighted by Crippen LogP contribution is 2.24. The number of carbonyl (C=O) groups excluding carboxylic acids is 1. The SMILES string of the molecule is O=Cc1nc(CBr)cc(C(F)F)c1F. The Morgan fingerprint density at radius 3 is 2.64 bits per heavy atom. The minimum Gasteiger partial charge on any atom is -0.296 e. The minimum absolute atomic E-state index is 0.118. The van der Waals surface area contributed by atoms with Crippen LogP contribution in [0.2, 0.25) is 0 Å². The van der Waals surface area contributed by atoms with Crippen LogP contribution in [0.15, 0.2) is 6.07 Å². The molecule has 0 spiro atoms. The Bertz CT molecular complexity index is 357. The number of rotatable bonds is 3. The fourth-order valence-corrected chi connectivity index (χ4v) is 1.22. The van der Waals surface area contributed by atoms with Gasteiger partial charge < -0.3 is 0 Å². The molecule has 0 aliphatic rings. The van der Waals surface area contributed by atoms with E-state index in [0.29, 0.717) is 0 Å². The lowest BCUT2D eigenvalue weighted by Gasteiger charge is -2.05. The highest BCUT2D eigenvalue weighted by molar-refractivity contribution is 9.08. The first-order chi connectivity index (χ1) is 6.60. The number of nitrogens with zero attached hydrogens (tertiary/aromatic N) is 1. The third-order valence-electron chi connectivity index (χ3n) is 1.55. The highest BCUT2D eigenvalue weighted by Gasteiger charge is 2.18. The number of hydrogen-bond acceptors (Lipinski definition) is 2. The van der Waals surface area contributed by atoms with E-state index in [1.54, 1.807) is 0 Å². The predicted octanol–water partition coefficient (Wildman–Crippen LogP) is 2.87. The molecule has 0 aromatic carbocycles. The number of aromatic nitrogens is 1. The number of pyridine rings is 1. The molecule has 6 heteroatoms. The maximum atomic E-state index is 13.1. The molecule has 1 heterocycles. The van der Waals surface area contributed by atoms with Crippen LogP contribution in [-0.2, 0) is 5.33 Å². The molecule has 0 atom stereocenters. The fraction of sp³-hybridized carbons (Fsp3) is 0.250. The number of carbonyl (C=O) groups is 1. The molecular weight excluding hydrogens is 263 g/mol. The number of aldehydes is 1. The van der Waals surface area contributed by atoms with Gasteiger partial charge in [0.15, 0.2) is 12.1 Å². The van der Waals surface area contributed by atoms with Gasteiger partial charge in [-0.25, -0.2) is 18.2 Å². The molecule has 0 saturated carbocycles.